The van der Waals surface area contributed by atoms with E-state index in [1.54, 1.807) is 0 Å². The van der Waals surface area contributed by atoms with Crippen LogP contribution < -0.4 is 4.74 Å². The Morgan fingerprint density at radius 2 is 2.10 bits per heavy atom. The number of likely N-dealkylation sites (tertiary alicyclic amines) is 1. The van der Waals surface area contributed by atoms with E-state index in [2.05, 4.69) is 11.9 Å². The van der Waals surface area contributed by atoms with Crippen molar-refractivity contribution in [1.82, 2.24) is 4.90 Å². The van der Waals surface area contributed by atoms with Gasteiger partial charge in [-0.15, -0.1) is 0 Å². The van der Waals surface area contributed by atoms with Crippen LogP contribution in [0.15, 0.2) is 30.3 Å². The Hall–Kier alpha value is -1.55. The summed E-state index contributed by atoms with van der Waals surface area (Å²) in [5.74, 6) is 0.772. The highest BCUT2D eigenvalue weighted by Crippen LogP contribution is 2.34. The van der Waals surface area contributed by atoms with Crippen LogP contribution in [0.5, 0.6) is 5.75 Å². The molecule has 0 saturated carbocycles. The van der Waals surface area contributed by atoms with Crippen LogP contribution in [0.25, 0.3) is 0 Å². The highest BCUT2D eigenvalue weighted by atomic mass is 16.5. The third-order valence-corrected chi connectivity index (χ3v) is 4.07. The molecule has 2 rings (SSSR count). The van der Waals surface area contributed by atoms with Crippen LogP contribution in [-0.4, -0.2) is 44.2 Å². The molecule has 1 aliphatic rings. The second-order valence-electron chi connectivity index (χ2n) is 5.75. The minimum absolute atomic E-state index is 0.0757. The van der Waals surface area contributed by atoms with Gasteiger partial charge in [-0.1, -0.05) is 18.2 Å². The van der Waals surface area contributed by atoms with E-state index in [1.807, 2.05) is 37.3 Å². The van der Waals surface area contributed by atoms with E-state index in [-0.39, 0.29) is 5.97 Å². The molecule has 1 aliphatic heterocycles. The fourth-order valence-corrected chi connectivity index (χ4v) is 3.00. The smallest absolute Gasteiger partial charge is 0.313 e. The van der Waals surface area contributed by atoms with Crippen molar-refractivity contribution in [3.63, 3.8) is 0 Å². The number of piperidine rings is 1. The second kappa shape index (κ2) is 7.46. The number of rotatable bonds is 6. The number of esters is 1. The fraction of sp³-hybridized carbons (Fsp3) is 0.588. The Morgan fingerprint density at radius 3 is 2.76 bits per heavy atom. The van der Waals surface area contributed by atoms with Gasteiger partial charge in [0.2, 0.25) is 0 Å². The molecule has 1 atom stereocenters. The monoisotopic (exact) mass is 291 g/mol. The number of hydrogen-bond donors (Lipinski definition) is 0. The molecular formula is C17H25NO3. The highest BCUT2D eigenvalue weighted by Gasteiger charge is 2.42. The number of carbonyl (C=O) groups excluding carboxylic acids is 1. The van der Waals surface area contributed by atoms with Crippen molar-refractivity contribution in [2.45, 2.75) is 26.2 Å². The molecule has 0 amide bonds. The summed E-state index contributed by atoms with van der Waals surface area (Å²) in [6.07, 6.45) is 2.61. The van der Waals surface area contributed by atoms with Gasteiger partial charge in [0.25, 0.3) is 0 Å². The largest absolute Gasteiger partial charge is 0.494 e. The van der Waals surface area contributed by atoms with Crippen LogP contribution in [-0.2, 0) is 9.53 Å². The summed E-state index contributed by atoms with van der Waals surface area (Å²) in [7, 11) is 2.06. The van der Waals surface area contributed by atoms with Crippen LogP contribution in [0, 0.1) is 5.41 Å². The quantitative estimate of drug-likeness (QED) is 0.755. The SMILES string of the molecule is CCOC(=O)[C@@]1(CCOc2ccccc2)CCCN(C)C1. The first-order valence-corrected chi connectivity index (χ1v) is 7.70. The number of ether oxygens (including phenoxy) is 2. The lowest BCUT2D eigenvalue weighted by Gasteiger charge is -2.39. The molecule has 4 heteroatoms. The number of benzene rings is 1. The molecule has 21 heavy (non-hydrogen) atoms. The van der Waals surface area contributed by atoms with Crippen LogP contribution in [0.1, 0.15) is 26.2 Å². The molecule has 1 fully saturated rings. The van der Waals surface area contributed by atoms with Gasteiger partial charge in [0, 0.05) is 6.54 Å². The topological polar surface area (TPSA) is 38.8 Å². The second-order valence-corrected chi connectivity index (χ2v) is 5.75. The van der Waals surface area contributed by atoms with Crippen molar-refractivity contribution >= 4 is 5.97 Å². The predicted octanol–water partition coefficient (Wildman–Crippen LogP) is 2.73. The maximum Gasteiger partial charge on any atom is 0.313 e. The van der Waals surface area contributed by atoms with Gasteiger partial charge in [-0.25, -0.2) is 0 Å². The summed E-state index contributed by atoms with van der Waals surface area (Å²) in [5.41, 5.74) is -0.419. The van der Waals surface area contributed by atoms with Gasteiger partial charge < -0.3 is 14.4 Å². The van der Waals surface area contributed by atoms with E-state index in [1.165, 1.54) is 0 Å². The summed E-state index contributed by atoms with van der Waals surface area (Å²) in [5, 5.41) is 0. The normalized spacial score (nSPS) is 22.8. The third-order valence-electron chi connectivity index (χ3n) is 4.07. The van der Waals surface area contributed by atoms with Crippen LogP contribution in [0.3, 0.4) is 0 Å². The molecule has 1 aromatic carbocycles. The standard InChI is InChI=1S/C17H25NO3/c1-3-20-16(19)17(10-7-12-18(2)14-17)11-13-21-15-8-5-4-6-9-15/h4-6,8-9H,3,7,10-14H2,1-2H3/t17-/m1/s1. The Labute approximate surface area is 127 Å². The average molecular weight is 291 g/mol. The van der Waals surface area contributed by atoms with Gasteiger partial charge >= 0.3 is 5.97 Å². The first-order chi connectivity index (χ1) is 10.2. The lowest BCUT2D eigenvalue weighted by atomic mass is 9.77. The minimum Gasteiger partial charge on any atom is -0.494 e. The van der Waals surface area contributed by atoms with Crippen LogP contribution in [0.4, 0.5) is 0 Å². The van der Waals surface area contributed by atoms with E-state index in [9.17, 15) is 4.79 Å². The van der Waals surface area contributed by atoms with Gasteiger partial charge in [0.1, 0.15) is 5.75 Å². The van der Waals surface area contributed by atoms with Gasteiger partial charge in [0.05, 0.1) is 18.6 Å². The molecule has 0 bridgehead atoms. The minimum atomic E-state index is -0.419. The summed E-state index contributed by atoms with van der Waals surface area (Å²) in [6, 6.07) is 9.73. The molecule has 1 heterocycles. The van der Waals surface area contributed by atoms with E-state index in [0.717, 1.165) is 31.7 Å². The third kappa shape index (κ3) is 4.21. The fourth-order valence-electron chi connectivity index (χ4n) is 3.00. The van der Waals surface area contributed by atoms with Crippen LogP contribution in [0.2, 0.25) is 0 Å². The Morgan fingerprint density at radius 1 is 1.33 bits per heavy atom. The summed E-state index contributed by atoms with van der Waals surface area (Å²) in [4.78, 5) is 14.6. The summed E-state index contributed by atoms with van der Waals surface area (Å²) < 4.78 is 11.1. The van der Waals surface area contributed by atoms with E-state index in [0.29, 0.717) is 19.6 Å². The number of para-hydroxylation sites is 1. The summed E-state index contributed by atoms with van der Waals surface area (Å²) >= 11 is 0. The molecule has 0 spiro atoms. The maximum atomic E-state index is 12.4. The Bertz CT molecular complexity index is 449. The zero-order valence-electron chi connectivity index (χ0n) is 13.0. The van der Waals surface area contributed by atoms with E-state index >= 15 is 0 Å². The zero-order chi connectivity index (χ0) is 15.1. The lowest BCUT2D eigenvalue weighted by molar-refractivity contribution is -0.160. The van der Waals surface area contributed by atoms with E-state index < -0.39 is 5.41 Å². The molecule has 1 aromatic rings. The number of nitrogens with zero attached hydrogens (tertiary/aromatic N) is 1. The van der Waals surface area contributed by atoms with Crippen molar-refractivity contribution in [2.24, 2.45) is 5.41 Å². The number of carbonyl (C=O) groups is 1. The molecule has 1 saturated heterocycles. The van der Waals surface area contributed by atoms with Crippen molar-refractivity contribution < 1.29 is 14.3 Å². The van der Waals surface area contributed by atoms with Crippen molar-refractivity contribution in [1.29, 1.82) is 0 Å². The maximum absolute atomic E-state index is 12.4. The molecule has 4 nitrogen and oxygen atoms in total. The molecule has 0 N–H and O–H groups in total. The van der Waals surface area contributed by atoms with E-state index in [4.69, 9.17) is 9.47 Å². The van der Waals surface area contributed by atoms with Gasteiger partial charge in [-0.05, 0) is 51.9 Å². The number of hydrogen-bond acceptors (Lipinski definition) is 4. The molecule has 0 aliphatic carbocycles. The van der Waals surface area contributed by atoms with Crippen molar-refractivity contribution in [2.75, 3.05) is 33.4 Å². The Balaban J connectivity index is 1.97. The first kappa shape index (κ1) is 15.8. The molecule has 0 aromatic heterocycles. The Kier molecular flexibility index (Phi) is 5.62. The van der Waals surface area contributed by atoms with Crippen LogP contribution >= 0.6 is 0 Å². The van der Waals surface area contributed by atoms with Crippen molar-refractivity contribution in [3.05, 3.63) is 30.3 Å². The van der Waals surface area contributed by atoms with Gasteiger partial charge in [-0.3, -0.25) is 4.79 Å². The molecule has 0 unspecified atom stereocenters. The molecule has 0 radical (unpaired) electrons. The summed E-state index contributed by atoms with van der Waals surface area (Å²) in [6.45, 7) is 4.63. The lowest BCUT2D eigenvalue weighted by Crippen LogP contribution is -2.47. The average Bonchev–Trinajstić information content (AvgIpc) is 2.48. The van der Waals surface area contributed by atoms with Gasteiger partial charge in [-0.2, -0.15) is 0 Å². The first-order valence-electron chi connectivity index (χ1n) is 7.70. The zero-order valence-corrected chi connectivity index (χ0v) is 13.0. The van der Waals surface area contributed by atoms with Crippen molar-refractivity contribution in [3.8, 4) is 5.75 Å². The predicted molar refractivity (Wildman–Crippen MR) is 82.4 cm³/mol. The van der Waals surface area contributed by atoms with Gasteiger partial charge in [0.15, 0.2) is 0 Å². The molecule has 116 valence electrons. The molecular weight excluding hydrogens is 266 g/mol. The highest BCUT2D eigenvalue weighted by molar-refractivity contribution is 5.77.